The van der Waals surface area contributed by atoms with Crippen LogP contribution in [0.15, 0.2) is 0 Å². The minimum absolute atomic E-state index is 0.0246. The van der Waals surface area contributed by atoms with Crippen LogP contribution in [0.1, 0.15) is 86.0 Å². The molecule has 2 nitrogen and oxygen atoms in total. The number of rotatable bonds is 4. The Morgan fingerprint density at radius 1 is 1.14 bits per heavy atom. The zero-order valence-electron chi connectivity index (χ0n) is 14.7. The van der Waals surface area contributed by atoms with Crippen molar-refractivity contribution in [2.75, 3.05) is 0 Å². The first-order valence-corrected chi connectivity index (χ1v) is 9.07. The molecule has 2 rings (SSSR count). The Morgan fingerprint density at radius 2 is 1.76 bits per heavy atom. The van der Waals surface area contributed by atoms with Crippen LogP contribution in [0.5, 0.6) is 0 Å². The maximum Gasteiger partial charge on any atom is 0.312 e. The summed E-state index contributed by atoms with van der Waals surface area (Å²) >= 11 is 0. The van der Waals surface area contributed by atoms with E-state index in [0.29, 0.717) is 17.8 Å². The van der Waals surface area contributed by atoms with Gasteiger partial charge in [0.2, 0.25) is 0 Å². The maximum absolute atomic E-state index is 12.7. The first-order chi connectivity index (χ1) is 9.83. The molecule has 2 aliphatic rings. The molecule has 0 saturated heterocycles. The van der Waals surface area contributed by atoms with Gasteiger partial charge in [-0.2, -0.15) is 0 Å². The molecule has 0 radical (unpaired) electrons. The molecule has 0 aliphatic heterocycles. The van der Waals surface area contributed by atoms with Gasteiger partial charge in [-0.05, 0) is 63.7 Å². The lowest BCUT2D eigenvalue weighted by atomic mass is 9.71. The Hall–Kier alpha value is -0.530. The number of esters is 1. The summed E-state index contributed by atoms with van der Waals surface area (Å²) in [5, 5.41) is 0. The molecule has 21 heavy (non-hydrogen) atoms. The summed E-state index contributed by atoms with van der Waals surface area (Å²) in [5.41, 5.74) is -0.531. The second kappa shape index (κ2) is 6.30. The standard InChI is InChI=1S/C19H34O2/c1-6-18(4,5)17(20)21-19(13-12-14(2)15(19)3)16-10-8-7-9-11-16/h14-16H,6-13H2,1-5H3. The highest BCUT2D eigenvalue weighted by Gasteiger charge is 2.53. The molecule has 0 bridgehead atoms. The first kappa shape index (κ1) is 16.8. The largest absolute Gasteiger partial charge is 0.458 e. The van der Waals surface area contributed by atoms with E-state index in [0.717, 1.165) is 12.8 Å². The molecule has 122 valence electrons. The second-order valence-electron chi connectivity index (χ2n) is 8.22. The lowest BCUT2D eigenvalue weighted by Crippen LogP contribution is -2.48. The third kappa shape index (κ3) is 3.14. The lowest BCUT2D eigenvalue weighted by molar-refractivity contribution is -0.185. The minimum Gasteiger partial charge on any atom is -0.458 e. The third-order valence-corrected chi connectivity index (χ3v) is 6.63. The number of ether oxygens (including phenoxy) is 1. The van der Waals surface area contributed by atoms with Crippen molar-refractivity contribution in [1.29, 1.82) is 0 Å². The summed E-state index contributed by atoms with van der Waals surface area (Å²) in [5.74, 6) is 1.78. The maximum atomic E-state index is 12.7. The van der Waals surface area contributed by atoms with E-state index in [2.05, 4.69) is 20.8 Å². The van der Waals surface area contributed by atoms with Crippen molar-refractivity contribution in [2.24, 2.45) is 23.2 Å². The first-order valence-electron chi connectivity index (χ1n) is 9.07. The fraction of sp³-hybridized carbons (Fsp3) is 0.947. The summed E-state index contributed by atoms with van der Waals surface area (Å²) in [6.45, 7) is 10.8. The highest BCUT2D eigenvalue weighted by Crippen LogP contribution is 2.51. The van der Waals surface area contributed by atoms with Crippen LogP contribution >= 0.6 is 0 Å². The fourth-order valence-corrected chi connectivity index (χ4v) is 4.26. The van der Waals surface area contributed by atoms with Crippen LogP contribution in [0.3, 0.4) is 0 Å². The number of carbonyl (C=O) groups excluding carboxylic acids is 1. The van der Waals surface area contributed by atoms with E-state index < -0.39 is 0 Å². The van der Waals surface area contributed by atoms with Crippen molar-refractivity contribution in [3.05, 3.63) is 0 Å². The second-order valence-corrected chi connectivity index (χ2v) is 8.22. The predicted molar refractivity (Wildman–Crippen MR) is 87.0 cm³/mol. The van der Waals surface area contributed by atoms with Gasteiger partial charge in [0.05, 0.1) is 5.41 Å². The molecule has 0 aromatic rings. The van der Waals surface area contributed by atoms with Gasteiger partial charge in [0.25, 0.3) is 0 Å². The third-order valence-electron chi connectivity index (χ3n) is 6.63. The summed E-state index contributed by atoms with van der Waals surface area (Å²) < 4.78 is 6.34. The van der Waals surface area contributed by atoms with Crippen LogP contribution in [0.2, 0.25) is 0 Å². The summed E-state index contributed by atoms with van der Waals surface area (Å²) in [4.78, 5) is 12.7. The Kier molecular flexibility index (Phi) is 5.05. The molecule has 0 spiro atoms. The van der Waals surface area contributed by atoms with Crippen LogP contribution in [0, 0.1) is 23.2 Å². The Labute approximate surface area is 131 Å². The average Bonchev–Trinajstić information content (AvgIpc) is 2.77. The molecular formula is C19H34O2. The van der Waals surface area contributed by atoms with Crippen LogP contribution in [0.25, 0.3) is 0 Å². The van der Waals surface area contributed by atoms with Crippen LogP contribution in [-0.2, 0) is 9.53 Å². The Bertz CT molecular complexity index is 368. The van der Waals surface area contributed by atoms with Gasteiger partial charge in [0.1, 0.15) is 5.60 Å². The van der Waals surface area contributed by atoms with E-state index in [4.69, 9.17) is 4.74 Å². The zero-order valence-corrected chi connectivity index (χ0v) is 14.7. The number of carbonyl (C=O) groups is 1. The predicted octanol–water partition coefficient (Wildman–Crippen LogP) is 5.35. The smallest absolute Gasteiger partial charge is 0.312 e. The molecule has 2 aliphatic carbocycles. The quantitative estimate of drug-likeness (QED) is 0.653. The van der Waals surface area contributed by atoms with E-state index in [9.17, 15) is 4.79 Å². The van der Waals surface area contributed by atoms with Crippen molar-refractivity contribution >= 4 is 5.97 Å². The van der Waals surface area contributed by atoms with E-state index >= 15 is 0 Å². The van der Waals surface area contributed by atoms with Crippen molar-refractivity contribution in [2.45, 2.75) is 91.6 Å². The Balaban J connectivity index is 2.22. The molecule has 0 amide bonds. The number of hydrogen-bond acceptors (Lipinski definition) is 2. The molecule has 3 atom stereocenters. The van der Waals surface area contributed by atoms with Gasteiger partial charge in [-0.1, -0.05) is 40.0 Å². The molecule has 0 N–H and O–H groups in total. The van der Waals surface area contributed by atoms with E-state index in [1.807, 2.05) is 13.8 Å². The molecule has 0 aromatic carbocycles. The highest BCUT2D eigenvalue weighted by molar-refractivity contribution is 5.76. The van der Waals surface area contributed by atoms with E-state index in [-0.39, 0.29) is 17.0 Å². The molecule has 2 heteroatoms. The zero-order chi connectivity index (χ0) is 15.7. The summed E-state index contributed by atoms with van der Waals surface area (Å²) in [7, 11) is 0. The van der Waals surface area contributed by atoms with Gasteiger partial charge >= 0.3 is 5.97 Å². The van der Waals surface area contributed by atoms with E-state index in [1.54, 1.807) is 0 Å². The minimum atomic E-state index is -0.354. The fourth-order valence-electron chi connectivity index (χ4n) is 4.26. The summed E-state index contributed by atoms with van der Waals surface area (Å²) in [6.07, 6.45) is 9.59. The summed E-state index contributed by atoms with van der Waals surface area (Å²) in [6, 6.07) is 0. The highest BCUT2D eigenvalue weighted by atomic mass is 16.6. The monoisotopic (exact) mass is 294 g/mol. The Morgan fingerprint density at radius 3 is 2.24 bits per heavy atom. The van der Waals surface area contributed by atoms with Crippen LogP contribution in [0.4, 0.5) is 0 Å². The van der Waals surface area contributed by atoms with Gasteiger partial charge in [0.15, 0.2) is 0 Å². The topological polar surface area (TPSA) is 26.3 Å². The molecular weight excluding hydrogens is 260 g/mol. The van der Waals surface area contributed by atoms with E-state index in [1.165, 1.54) is 38.5 Å². The number of hydrogen-bond donors (Lipinski definition) is 0. The van der Waals surface area contributed by atoms with Gasteiger partial charge in [0, 0.05) is 0 Å². The van der Waals surface area contributed by atoms with Crippen molar-refractivity contribution < 1.29 is 9.53 Å². The SMILES string of the molecule is CCC(C)(C)C(=O)OC1(C2CCCCC2)CCC(C)C1C. The molecule has 0 heterocycles. The molecule has 2 saturated carbocycles. The average molecular weight is 294 g/mol. The van der Waals surface area contributed by atoms with Crippen molar-refractivity contribution in [3.8, 4) is 0 Å². The molecule has 0 aromatic heterocycles. The van der Waals surface area contributed by atoms with Crippen molar-refractivity contribution in [3.63, 3.8) is 0 Å². The van der Waals surface area contributed by atoms with Crippen LogP contribution < -0.4 is 0 Å². The van der Waals surface area contributed by atoms with Gasteiger partial charge in [-0.25, -0.2) is 0 Å². The van der Waals surface area contributed by atoms with Crippen molar-refractivity contribution in [1.82, 2.24) is 0 Å². The van der Waals surface area contributed by atoms with Gasteiger partial charge < -0.3 is 4.74 Å². The molecule has 3 unspecified atom stereocenters. The van der Waals surface area contributed by atoms with Crippen LogP contribution in [-0.4, -0.2) is 11.6 Å². The lowest BCUT2D eigenvalue weighted by Gasteiger charge is -2.44. The van der Waals surface area contributed by atoms with Gasteiger partial charge in [-0.15, -0.1) is 0 Å². The molecule has 2 fully saturated rings. The normalized spacial score (nSPS) is 34.9. The van der Waals surface area contributed by atoms with Gasteiger partial charge in [-0.3, -0.25) is 4.79 Å².